The van der Waals surface area contributed by atoms with E-state index in [0.717, 1.165) is 22.4 Å². The molecule has 0 saturated heterocycles. The molecular weight excluding hydrogens is 344 g/mol. The fraction of sp³-hybridized carbons (Fsp3) is 0.389. The van der Waals surface area contributed by atoms with Crippen LogP contribution < -0.4 is 5.32 Å². The second-order valence-corrected chi connectivity index (χ2v) is 6.92. The highest BCUT2D eigenvalue weighted by Crippen LogP contribution is 2.24. The summed E-state index contributed by atoms with van der Waals surface area (Å²) in [6.45, 7) is 7.46. The van der Waals surface area contributed by atoms with Crippen molar-refractivity contribution in [1.82, 2.24) is 9.97 Å². The van der Waals surface area contributed by atoms with E-state index in [9.17, 15) is 13.6 Å². The first-order chi connectivity index (χ1) is 11.7. The first-order valence-corrected chi connectivity index (χ1v) is 8.79. The van der Waals surface area contributed by atoms with Crippen LogP contribution in [-0.4, -0.2) is 21.6 Å². The highest BCUT2D eigenvalue weighted by Gasteiger charge is 2.14. The number of carbonyl (C=O) groups is 1. The molecule has 0 bridgehead atoms. The van der Waals surface area contributed by atoms with E-state index in [2.05, 4.69) is 15.3 Å². The number of thioether (sulfide) groups is 1. The number of alkyl halides is 2. The smallest absolute Gasteiger partial charge is 0.291 e. The Kier molecular flexibility index (Phi) is 6.47. The summed E-state index contributed by atoms with van der Waals surface area (Å²) in [7, 11) is 0. The molecule has 0 aliphatic rings. The van der Waals surface area contributed by atoms with Crippen molar-refractivity contribution in [2.45, 2.75) is 51.5 Å². The second kappa shape index (κ2) is 8.38. The van der Waals surface area contributed by atoms with Crippen molar-refractivity contribution >= 4 is 23.4 Å². The Morgan fingerprint density at radius 1 is 1.08 bits per heavy atom. The molecule has 1 heterocycles. The van der Waals surface area contributed by atoms with E-state index in [1.54, 1.807) is 13.8 Å². The summed E-state index contributed by atoms with van der Waals surface area (Å²) in [5, 5.41) is 2.95. The van der Waals surface area contributed by atoms with Gasteiger partial charge in [-0.3, -0.25) is 4.79 Å². The first-order valence-electron chi connectivity index (χ1n) is 7.91. The fourth-order valence-corrected chi connectivity index (χ4v) is 3.25. The van der Waals surface area contributed by atoms with E-state index in [-0.39, 0.29) is 17.5 Å². The van der Waals surface area contributed by atoms with Crippen molar-refractivity contribution in [3.8, 4) is 0 Å². The number of anilines is 1. The van der Waals surface area contributed by atoms with Gasteiger partial charge in [0, 0.05) is 23.5 Å². The number of nitrogens with zero attached hydrogens (tertiary/aromatic N) is 2. The Bertz CT molecular complexity index is 738. The average molecular weight is 365 g/mol. The van der Waals surface area contributed by atoms with Gasteiger partial charge < -0.3 is 5.32 Å². The van der Waals surface area contributed by atoms with Crippen LogP contribution in [0.25, 0.3) is 0 Å². The van der Waals surface area contributed by atoms with E-state index in [4.69, 9.17) is 0 Å². The summed E-state index contributed by atoms with van der Waals surface area (Å²) >= 11 is 0.329. The normalized spacial score (nSPS) is 11.0. The van der Waals surface area contributed by atoms with Crippen molar-refractivity contribution in [2.24, 2.45) is 0 Å². The molecule has 134 valence electrons. The van der Waals surface area contributed by atoms with Gasteiger partial charge in [-0.15, -0.1) is 0 Å². The molecule has 2 aromatic rings. The zero-order chi connectivity index (χ0) is 18.6. The van der Waals surface area contributed by atoms with Crippen molar-refractivity contribution in [3.63, 3.8) is 0 Å². The maximum absolute atomic E-state index is 12.4. The largest absolute Gasteiger partial charge is 0.326 e. The molecule has 1 N–H and O–H groups in total. The maximum atomic E-state index is 12.4. The van der Waals surface area contributed by atoms with Gasteiger partial charge in [-0.1, -0.05) is 6.07 Å². The van der Waals surface area contributed by atoms with E-state index in [1.807, 2.05) is 32.0 Å². The van der Waals surface area contributed by atoms with Crippen LogP contribution in [0.5, 0.6) is 0 Å². The highest BCUT2D eigenvalue weighted by atomic mass is 32.2. The minimum Gasteiger partial charge on any atom is -0.326 e. The number of rotatable bonds is 6. The quantitative estimate of drug-likeness (QED) is 0.601. The number of carbonyl (C=O) groups excluding carboxylic acids is 1. The van der Waals surface area contributed by atoms with Crippen molar-refractivity contribution in [2.75, 3.05) is 5.32 Å². The number of benzene rings is 1. The average Bonchev–Trinajstić information content (AvgIpc) is 2.44. The first kappa shape index (κ1) is 19.3. The lowest BCUT2D eigenvalue weighted by Crippen LogP contribution is -2.14. The van der Waals surface area contributed by atoms with Crippen LogP contribution in [0.2, 0.25) is 0 Å². The molecular formula is C18H21F2N3OS. The summed E-state index contributed by atoms with van der Waals surface area (Å²) in [5.41, 5.74) is 5.04. The number of nitrogens with one attached hydrogen (secondary N) is 1. The molecule has 0 unspecified atom stereocenters. The van der Waals surface area contributed by atoms with E-state index < -0.39 is 5.76 Å². The molecule has 0 spiro atoms. The molecule has 0 aliphatic heterocycles. The summed E-state index contributed by atoms with van der Waals surface area (Å²) in [6.07, 6.45) is 0.743. The molecule has 0 saturated carbocycles. The molecule has 4 nitrogen and oxygen atoms in total. The molecule has 0 atom stereocenters. The van der Waals surface area contributed by atoms with Gasteiger partial charge in [0.25, 0.3) is 5.76 Å². The lowest BCUT2D eigenvalue weighted by Gasteiger charge is -2.11. The Labute approximate surface area is 150 Å². The molecule has 1 aromatic heterocycles. The van der Waals surface area contributed by atoms with Gasteiger partial charge in [-0.2, -0.15) is 8.78 Å². The summed E-state index contributed by atoms with van der Waals surface area (Å²) in [4.78, 5) is 20.4. The van der Waals surface area contributed by atoms with E-state index in [1.165, 1.54) is 0 Å². The zero-order valence-corrected chi connectivity index (χ0v) is 15.5. The number of halogens is 2. The topological polar surface area (TPSA) is 54.9 Å². The Hall–Kier alpha value is -2.02. The second-order valence-electron chi connectivity index (χ2n) is 5.96. The summed E-state index contributed by atoms with van der Waals surface area (Å²) in [5.74, 6) is -2.65. The standard InChI is InChI=1S/C18H21F2N3OS/c1-10-7-11(2)9-14(8-10)23-16(24)6-5-15-12(3)21-18(22-13(15)4)25-17(19)20/h7-9,17H,5-6H2,1-4H3,(H,23,24). The summed E-state index contributed by atoms with van der Waals surface area (Å²) in [6, 6.07) is 5.88. The van der Waals surface area contributed by atoms with Crippen molar-refractivity contribution in [3.05, 3.63) is 46.3 Å². The van der Waals surface area contributed by atoms with Crippen LogP contribution >= 0.6 is 11.8 Å². The van der Waals surface area contributed by atoms with Gasteiger partial charge in [-0.25, -0.2) is 9.97 Å². The van der Waals surface area contributed by atoms with Crippen LogP contribution in [0.3, 0.4) is 0 Å². The highest BCUT2D eigenvalue weighted by molar-refractivity contribution is 7.99. The SMILES string of the molecule is Cc1cc(C)cc(NC(=O)CCc2c(C)nc(SC(F)F)nc2C)c1. The van der Waals surface area contributed by atoms with Gasteiger partial charge in [-0.05, 0) is 74.7 Å². The van der Waals surface area contributed by atoms with Gasteiger partial charge in [0.2, 0.25) is 5.91 Å². The summed E-state index contributed by atoms with van der Waals surface area (Å²) < 4.78 is 24.9. The third kappa shape index (κ3) is 5.77. The Morgan fingerprint density at radius 2 is 1.64 bits per heavy atom. The lowest BCUT2D eigenvalue weighted by molar-refractivity contribution is -0.116. The predicted molar refractivity (Wildman–Crippen MR) is 96.2 cm³/mol. The minimum absolute atomic E-state index is 0.0634. The predicted octanol–water partition coefficient (Wildman–Crippen LogP) is 4.60. The van der Waals surface area contributed by atoms with Gasteiger partial charge in [0.1, 0.15) is 0 Å². The van der Waals surface area contributed by atoms with Crippen LogP contribution in [-0.2, 0) is 11.2 Å². The maximum Gasteiger partial charge on any atom is 0.291 e. The van der Waals surface area contributed by atoms with Crippen molar-refractivity contribution in [1.29, 1.82) is 0 Å². The molecule has 0 fully saturated rings. The molecule has 25 heavy (non-hydrogen) atoms. The third-order valence-corrected chi connectivity index (χ3v) is 4.27. The molecule has 0 radical (unpaired) electrons. The van der Waals surface area contributed by atoms with Gasteiger partial charge in [0.05, 0.1) is 0 Å². The zero-order valence-electron chi connectivity index (χ0n) is 14.7. The number of amides is 1. The minimum atomic E-state index is -2.55. The molecule has 0 aliphatic carbocycles. The van der Waals surface area contributed by atoms with Crippen molar-refractivity contribution < 1.29 is 13.6 Å². The van der Waals surface area contributed by atoms with Gasteiger partial charge in [0.15, 0.2) is 5.16 Å². The van der Waals surface area contributed by atoms with E-state index >= 15 is 0 Å². The third-order valence-electron chi connectivity index (χ3n) is 3.70. The number of aromatic nitrogens is 2. The Morgan fingerprint density at radius 3 is 2.16 bits per heavy atom. The van der Waals surface area contributed by atoms with E-state index in [0.29, 0.717) is 29.6 Å². The van der Waals surface area contributed by atoms with Crippen LogP contribution in [0.1, 0.15) is 34.5 Å². The molecule has 7 heteroatoms. The monoisotopic (exact) mass is 365 g/mol. The number of hydrogen-bond acceptors (Lipinski definition) is 4. The molecule has 2 rings (SSSR count). The van der Waals surface area contributed by atoms with Crippen LogP contribution in [0.15, 0.2) is 23.4 Å². The van der Waals surface area contributed by atoms with Gasteiger partial charge >= 0.3 is 0 Å². The van der Waals surface area contributed by atoms with Crippen LogP contribution in [0, 0.1) is 27.7 Å². The molecule has 1 amide bonds. The number of hydrogen-bond donors (Lipinski definition) is 1. The number of aryl methyl sites for hydroxylation is 4. The fourth-order valence-electron chi connectivity index (χ4n) is 2.71. The van der Waals surface area contributed by atoms with Crippen LogP contribution in [0.4, 0.5) is 14.5 Å². The molecule has 1 aromatic carbocycles. The lowest BCUT2D eigenvalue weighted by atomic mass is 10.1. The Balaban J connectivity index is 2.01.